The highest BCUT2D eigenvalue weighted by atomic mass is 32.2. The Hall–Kier alpha value is -1.86. The molecule has 7 heteroatoms. The Kier molecular flexibility index (Phi) is 6.81. The molecule has 1 aromatic rings. The van der Waals surface area contributed by atoms with Gasteiger partial charge in [-0.15, -0.1) is 0 Å². The fourth-order valence-corrected chi connectivity index (χ4v) is 3.37. The van der Waals surface area contributed by atoms with Gasteiger partial charge in [0.25, 0.3) is 5.91 Å². The molecule has 0 atom stereocenters. The van der Waals surface area contributed by atoms with E-state index in [1.165, 1.54) is 23.8 Å². The molecule has 2 rings (SSSR count). The van der Waals surface area contributed by atoms with Crippen molar-refractivity contribution in [2.45, 2.75) is 19.8 Å². The second-order valence-electron chi connectivity index (χ2n) is 5.08. The molecule has 0 bridgehead atoms. The average Bonchev–Trinajstić information content (AvgIpc) is 2.84. The monoisotopic (exact) mass is 365 g/mol. The lowest BCUT2D eigenvalue weighted by molar-refractivity contribution is -0.140. The van der Waals surface area contributed by atoms with Crippen LogP contribution in [0.3, 0.4) is 0 Å². The third-order valence-electron chi connectivity index (χ3n) is 3.27. The Bertz CT molecular complexity index is 672. The number of esters is 1. The van der Waals surface area contributed by atoms with Crippen molar-refractivity contribution in [2.24, 2.45) is 0 Å². The van der Waals surface area contributed by atoms with E-state index in [-0.39, 0.29) is 24.8 Å². The molecule has 0 spiro atoms. The SMILES string of the molecule is CCCOc1cccc(/C=C2/SC(=S)N(CCC(=O)OC)C2=O)c1. The average molecular weight is 365 g/mol. The summed E-state index contributed by atoms with van der Waals surface area (Å²) in [6, 6.07) is 7.56. The van der Waals surface area contributed by atoms with Crippen LogP contribution in [-0.2, 0) is 14.3 Å². The minimum Gasteiger partial charge on any atom is -0.494 e. The molecule has 1 aliphatic rings. The zero-order valence-corrected chi connectivity index (χ0v) is 15.2. The van der Waals surface area contributed by atoms with Gasteiger partial charge in [-0.05, 0) is 30.2 Å². The van der Waals surface area contributed by atoms with Crippen molar-refractivity contribution in [2.75, 3.05) is 20.3 Å². The van der Waals surface area contributed by atoms with Crippen LogP contribution in [0.5, 0.6) is 5.75 Å². The Morgan fingerprint density at radius 2 is 2.21 bits per heavy atom. The molecule has 24 heavy (non-hydrogen) atoms. The first-order valence-corrected chi connectivity index (χ1v) is 8.82. The number of thioether (sulfide) groups is 1. The summed E-state index contributed by atoms with van der Waals surface area (Å²) < 4.78 is 10.6. The predicted molar refractivity (Wildman–Crippen MR) is 98.7 cm³/mol. The number of ether oxygens (including phenoxy) is 2. The van der Waals surface area contributed by atoms with Crippen LogP contribution < -0.4 is 4.74 Å². The van der Waals surface area contributed by atoms with Crippen molar-refractivity contribution in [1.82, 2.24) is 4.90 Å². The van der Waals surface area contributed by atoms with Crippen molar-refractivity contribution in [3.05, 3.63) is 34.7 Å². The van der Waals surface area contributed by atoms with Crippen LogP contribution >= 0.6 is 24.0 Å². The quantitative estimate of drug-likeness (QED) is 0.420. The van der Waals surface area contributed by atoms with Gasteiger partial charge in [-0.3, -0.25) is 14.5 Å². The van der Waals surface area contributed by atoms with Crippen molar-refractivity contribution < 1.29 is 19.1 Å². The smallest absolute Gasteiger partial charge is 0.307 e. The molecule has 1 aromatic carbocycles. The Morgan fingerprint density at radius 1 is 1.42 bits per heavy atom. The molecule has 1 amide bonds. The van der Waals surface area contributed by atoms with E-state index < -0.39 is 0 Å². The molecule has 1 fully saturated rings. The van der Waals surface area contributed by atoms with Gasteiger partial charge in [0.1, 0.15) is 10.1 Å². The standard InChI is InChI=1S/C17H19NO4S2/c1-3-9-22-13-6-4-5-12(10-13)11-14-16(20)18(17(23)24-14)8-7-15(19)21-2/h4-6,10-11H,3,7-9H2,1-2H3/b14-11+. The third-order valence-corrected chi connectivity index (χ3v) is 4.65. The summed E-state index contributed by atoms with van der Waals surface area (Å²) in [5.41, 5.74) is 0.872. The van der Waals surface area contributed by atoms with Crippen LogP contribution in [0.1, 0.15) is 25.3 Å². The molecule has 1 saturated heterocycles. The van der Waals surface area contributed by atoms with Crippen LogP contribution in [-0.4, -0.2) is 41.4 Å². The zero-order valence-electron chi connectivity index (χ0n) is 13.6. The number of rotatable bonds is 7. The van der Waals surface area contributed by atoms with Crippen LogP contribution in [0.4, 0.5) is 0 Å². The lowest BCUT2D eigenvalue weighted by Crippen LogP contribution is -2.30. The first kappa shape index (κ1) is 18.5. The molecular weight excluding hydrogens is 346 g/mol. The van der Waals surface area contributed by atoms with E-state index in [1.54, 1.807) is 6.08 Å². The normalized spacial score (nSPS) is 15.9. The number of thiocarbonyl (C=S) groups is 1. The molecule has 128 valence electrons. The van der Waals surface area contributed by atoms with Crippen LogP contribution in [0, 0.1) is 0 Å². The van der Waals surface area contributed by atoms with E-state index in [4.69, 9.17) is 17.0 Å². The number of carbonyl (C=O) groups excluding carboxylic acids is 2. The van der Waals surface area contributed by atoms with E-state index in [0.29, 0.717) is 15.8 Å². The molecule has 0 aromatic heterocycles. The molecule has 5 nitrogen and oxygen atoms in total. The second kappa shape index (κ2) is 8.84. The fraction of sp³-hybridized carbons (Fsp3) is 0.353. The summed E-state index contributed by atoms with van der Waals surface area (Å²) in [7, 11) is 1.32. The molecule has 1 aliphatic heterocycles. The van der Waals surface area contributed by atoms with Crippen LogP contribution in [0.15, 0.2) is 29.2 Å². The molecule has 1 heterocycles. The van der Waals surface area contributed by atoms with E-state index in [9.17, 15) is 9.59 Å². The first-order chi connectivity index (χ1) is 11.5. The summed E-state index contributed by atoms with van der Waals surface area (Å²) in [5.74, 6) is 0.217. The number of carbonyl (C=O) groups is 2. The highest BCUT2D eigenvalue weighted by Gasteiger charge is 2.32. The lowest BCUT2D eigenvalue weighted by atomic mass is 10.2. The summed E-state index contributed by atoms with van der Waals surface area (Å²) in [5, 5.41) is 0. The van der Waals surface area contributed by atoms with Crippen LogP contribution in [0.25, 0.3) is 6.08 Å². The maximum absolute atomic E-state index is 12.4. The second-order valence-corrected chi connectivity index (χ2v) is 6.76. The van der Waals surface area contributed by atoms with Gasteiger partial charge in [0, 0.05) is 6.54 Å². The summed E-state index contributed by atoms with van der Waals surface area (Å²) in [4.78, 5) is 25.7. The molecule has 0 radical (unpaired) electrons. The van der Waals surface area contributed by atoms with Gasteiger partial charge in [-0.1, -0.05) is 43.0 Å². The minimum atomic E-state index is -0.367. The highest BCUT2D eigenvalue weighted by molar-refractivity contribution is 8.26. The van der Waals surface area contributed by atoms with Crippen molar-refractivity contribution in [3.8, 4) is 5.75 Å². The van der Waals surface area contributed by atoms with E-state index in [0.717, 1.165) is 17.7 Å². The minimum absolute atomic E-state index is 0.122. The zero-order chi connectivity index (χ0) is 17.5. The van der Waals surface area contributed by atoms with Crippen LogP contribution in [0.2, 0.25) is 0 Å². The largest absolute Gasteiger partial charge is 0.494 e. The van der Waals surface area contributed by atoms with E-state index in [1.807, 2.05) is 31.2 Å². The van der Waals surface area contributed by atoms with Gasteiger partial charge in [0.2, 0.25) is 0 Å². The van der Waals surface area contributed by atoms with Gasteiger partial charge in [-0.25, -0.2) is 0 Å². The maximum Gasteiger partial charge on any atom is 0.307 e. The molecule has 0 aliphatic carbocycles. The number of benzene rings is 1. The fourth-order valence-electron chi connectivity index (χ4n) is 2.06. The van der Waals surface area contributed by atoms with Gasteiger partial charge in [0.15, 0.2) is 0 Å². The van der Waals surface area contributed by atoms with Crippen molar-refractivity contribution in [3.63, 3.8) is 0 Å². The number of hydrogen-bond acceptors (Lipinski definition) is 6. The van der Waals surface area contributed by atoms with Gasteiger partial charge >= 0.3 is 5.97 Å². The summed E-state index contributed by atoms with van der Waals surface area (Å²) >= 11 is 6.47. The lowest BCUT2D eigenvalue weighted by Gasteiger charge is -2.12. The number of nitrogens with zero attached hydrogens (tertiary/aromatic N) is 1. The third kappa shape index (κ3) is 4.82. The molecule has 0 unspecified atom stereocenters. The Labute approximate surface area is 151 Å². The number of amides is 1. The maximum atomic E-state index is 12.4. The summed E-state index contributed by atoms with van der Waals surface area (Å²) in [6.07, 6.45) is 2.84. The van der Waals surface area contributed by atoms with Gasteiger partial charge in [-0.2, -0.15) is 0 Å². The number of methoxy groups -OCH3 is 1. The topological polar surface area (TPSA) is 55.8 Å². The van der Waals surface area contributed by atoms with E-state index in [2.05, 4.69) is 4.74 Å². The predicted octanol–water partition coefficient (Wildman–Crippen LogP) is 3.24. The van der Waals surface area contributed by atoms with E-state index >= 15 is 0 Å². The molecular formula is C17H19NO4S2. The first-order valence-electron chi connectivity index (χ1n) is 7.60. The van der Waals surface area contributed by atoms with Crippen molar-refractivity contribution >= 4 is 46.3 Å². The molecule has 0 saturated carbocycles. The Balaban J connectivity index is 2.09. The van der Waals surface area contributed by atoms with Gasteiger partial charge < -0.3 is 9.47 Å². The Morgan fingerprint density at radius 3 is 2.92 bits per heavy atom. The van der Waals surface area contributed by atoms with Gasteiger partial charge in [0.05, 0.1) is 25.0 Å². The summed E-state index contributed by atoms with van der Waals surface area (Å²) in [6.45, 7) is 2.93. The van der Waals surface area contributed by atoms with Crippen molar-refractivity contribution in [1.29, 1.82) is 0 Å². The molecule has 0 N–H and O–H groups in total. The highest BCUT2D eigenvalue weighted by Crippen LogP contribution is 2.33. The number of hydrogen-bond donors (Lipinski definition) is 0.